The summed E-state index contributed by atoms with van der Waals surface area (Å²) in [5.74, 6) is 2.69. The molecule has 5 heteroatoms. The Morgan fingerprint density at radius 3 is 2.33 bits per heavy atom. The van der Waals surface area contributed by atoms with Crippen molar-refractivity contribution in [2.45, 2.75) is 39.0 Å². The van der Waals surface area contributed by atoms with Gasteiger partial charge in [0.2, 0.25) is 5.91 Å². The molecule has 5 nitrogen and oxygen atoms in total. The molecule has 0 aromatic heterocycles. The molecule has 1 rings (SSSR count). The first-order valence-corrected chi connectivity index (χ1v) is 8.06. The summed E-state index contributed by atoms with van der Waals surface area (Å²) < 4.78 is 0. The van der Waals surface area contributed by atoms with E-state index in [1.54, 1.807) is 26.0 Å². The van der Waals surface area contributed by atoms with Gasteiger partial charge < -0.3 is 15.1 Å². The fourth-order valence-electron chi connectivity index (χ4n) is 2.88. The minimum absolute atomic E-state index is 0.141. The zero-order valence-electron chi connectivity index (χ0n) is 14.4. The zero-order chi connectivity index (χ0) is 15.8. The molecule has 0 aliphatic heterocycles. The van der Waals surface area contributed by atoms with Gasteiger partial charge in [-0.25, -0.2) is 0 Å². The van der Waals surface area contributed by atoms with E-state index in [9.17, 15) is 4.79 Å². The maximum atomic E-state index is 11.6. The van der Waals surface area contributed by atoms with E-state index in [0.29, 0.717) is 13.0 Å². The van der Waals surface area contributed by atoms with Crippen LogP contribution in [-0.2, 0) is 4.79 Å². The number of hydrogen-bond acceptors (Lipinski definition) is 2. The maximum Gasteiger partial charge on any atom is 0.223 e. The van der Waals surface area contributed by atoms with E-state index in [4.69, 9.17) is 0 Å². The van der Waals surface area contributed by atoms with E-state index in [0.717, 1.165) is 24.3 Å². The van der Waals surface area contributed by atoms with Crippen LogP contribution in [0.3, 0.4) is 0 Å². The average Bonchev–Trinajstić information content (AvgIpc) is 2.45. The summed E-state index contributed by atoms with van der Waals surface area (Å²) in [6.45, 7) is 4.03. The van der Waals surface area contributed by atoms with Gasteiger partial charge in [0.15, 0.2) is 5.96 Å². The lowest BCUT2D eigenvalue weighted by Gasteiger charge is -2.31. The monoisotopic (exact) mass is 296 g/mol. The van der Waals surface area contributed by atoms with Gasteiger partial charge in [-0.2, -0.15) is 0 Å². The lowest BCUT2D eigenvalue weighted by Crippen LogP contribution is -2.42. The lowest BCUT2D eigenvalue weighted by molar-refractivity contribution is -0.128. The van der Waals surface area contributed by atoms with Gasteiger partial charge in [-0.05, 0) is 24.7 Å². The zero-order valence-corrected chi connectivity index (χ0v) is 14.4. The van der Waals surface area contributed by atoms with Crippen molar-refractivity contribution in [1.29, 1.82) is 0 Å². The molecule has 1 amide bonds. The summed E-state index contributed by atoms with van der Waals surface area (Å²) in [6, 6.07) is 0. The van der Waals surface area contributed by atoms with Crippen LogP contribution in [0, 0.1) is 11.8 Å². The fraction of sp³-hybridized carbons (Fsp3) is 0.875. The predicted molar refractivity (Wildman–Crippen MR) is 88.4 cm³/mol. The summed E-state index contributed by atoms with van der Waals surface area (Å²) in [6.07, 6.45) is 5.84. The molecule has 122 valence electrons. The SMILES string of the molecule is CN=C(NCCC(=O)N(C)C)N(C)CC1CCC(C)CC1. The van der Waals surface area contributed by atoms with Crippen LogP contribution in [0.2, 0.25) is 0 Å². The number of guanidine groups is 1. The molecule has 0 aromatic carbocycles. The van der Waals surface area contributed by atoms with Crippen molar-refractivity contribution in [3.05, 3.63) is 0 Å². The van der Waals surface area contributed by atoms with E-state index < -0.39 is 0 Å². The Kier molecular flexibility index (Phi) is 7.54. The standard InChI is InChI=1S/C16H32N4O/c1-13-6-8-14(9-7-13)12-20(5)16(17-2)18-11-10-15(21)19(3)4/h13-14H,6-12H2,1-5H3,(H,17,18). The van der Waals surface area contributed by atoms with Crippen molar-refractivity contribution in [1.82, 2.24) is 15.1 Å². The van der Waals surface area contributed by atoms with Gasteiger partial charge in [-0.1, -0.05) is 19.8 Å². The largest absolute Gasteiger partial charge is 0.356 e. The Hall–Kier alpha value is -1.26. The van der Waals surface area contributed by atoms with Crippen LogP contribution in [0.1, 0.15) is 39.0 Å². The van der Waals surface area contributed by atoms with Crippen LogP contribution >= 0.6 is 0 Å². The molecule has 0 aromatic rings. The van der Waals surface area contributed by atoms with Crippen LogP contribution < -0.4 is 5.32 Å². The van der Waals surface area contributed by atoms with Gasteiger partial charge in [-0.15, -0.1) is 0 Å². The third kappa shape index (κ3) is 6.36. The second-order valence-corrected chi connectivity index (χ2v) is 6.52. The average molecular weight is 296 g/mol. The highest BCUT2D eigenvalue weighted by atomic mass is 16.2. The number of nitrogens with zero attached hydrogens (tertiary/aromatic N) is 3. The first-order valence-electron chi connectivity index (χ1n) is 8.06. The third-order valence-electron chi connectivity index (χ3n) is 4.36. The molecule has 1 N–H and O–H groups in total. The Bertz CT molecular complexity index is 346. The Morgan fingerprint density at radius 1 is 1.19 bits per heavy atom. The minimum atomic E-state index is 0.141. The third-order valence-corrected chi connectivity index (χ3v) is 4.36. The number of carbonyl (C=O) groups is 1. The van der Waals surface area contributed by atoms with Crippen molar-refractivity contribution in [2.24, 2.45) is 16.8 Å². The predicted octanol–water partition coefficient (Wildman–Crippen LogP) is 1.80. The van der Waals surface area contributed by atoms with Crippen molar-refractivity contribution in [3.63, 3.8) is 0 Å². The second-order valence-electron chi connectivity index (χ2n) is 6.52. The first kappa shape index (κ1) is 17.8. The van der Waals surface area contributed by atoms with Crippen LogP contribution in [0.4, 0.5) is 0 Å². The molecular weight excluding hydrogens is 264 g/mol. The topological polar surface area (TPSA) is 47.9 Å². The van der Waals surface area contributed by atoms with Crippen LogP contribution in [0.5, 0.6) is 0 Å². The molecule has 21 heavy (non-hydrogen) atoms. The van der Waals surface area contributed by atoms with E-state index in [1.807, 2.05) is 0 Å². The van der Waals surface area contributed by atoms with Crippen molar-refractivity contribution >= 4 is 11.9 Å². The maximum absolute atomic E-state index is 11.6. The summed E-state index contributed by atoms with van der Waals surface area (Å²) >= 11 is 0. The van der Waals surface area contributed by atoms with Crippen molar-refractivity contribution in [2.75, 3.05) is 41.3 Å². The summed E-state index contributed by atoms with van der Waals surface area (Å²) in [5, 5.41) is 3.28. The number of nitrogens with one attached hydrogen (secondary N) is 1. The van der Waals surface area contributed by atoms with Gasteiger partial charge in [-0.3, -0.25) is 9.79 Å². The number of rotatable bonds is 5. The second kappa shape index (κ2) is 8.90. The van der Waals surface area contributed by atoms with Gasteiger partial charge in [0.05, 0.1) is 0 Å². The first-order chi connectivity index (χ1) is 9.93. The molecule has 1 aliphatic rings. The quantitative estimate of drug-likeness (QED) is 0.621. The summed E-state index contributed by atoms with van der Waals surface area (Å²) in [4.78, 5) is 19.7. The van der Waals surface area contributed by atoms with Gasteiger partial charge in [0.1, 0.15) is 0 Å². The normalized spacial score (nSPS) is 22.8. The lowest BCUT2D eigenvalue weighted by atomic mass is 9.83. The summed E-state index contributed by atoms with van der Waals surface area (Å²) in [7, 11) is 7.46. The number of carbonyl (C=O) groups excluding carboxylic acids is 1. The Morgan fingerprint density at radius 2 is 1.81 bits per heavy atom. The summed E-state index contributed by atoms with van der Waals surface area (Å²) in [5.41, 5.74) is 0. The van der Waals surface area contributed by atoms with E-state index >= 15 is 0 Å². The number of aliphatic imine (C=N–C) groups is 1. The van der Waals surface area contributed by atoms with E-state index in [1.165, 1.54) is 25.7 Å². The molecule has 0 atom stereocenters. The van der Waals surface area contributed by atoms with E-state index in [2.05, 4.69) is 29.2 Å². The highest BCUT2D eigenvalue weighted by molar-refractivity contribution is 5.81. The molecular formula is C16H32N4O. The molecule has 0 saturated heterocycles. The Labute approximate surface area is 129 Å². The number of hydrogen-bond donors (Lipinski definition) is 1. The highest BCUT2D eigenvalue weighted by Crippen LogP contribution is 2.28. The Balaban J connectivity index is 2.32. The molecule has 0 radical (unpaired) electrons. The smallest absolute Gasteiger partial charge is 0.223 e. The van der Waals surface area contributed by atoms with Crippen LogP contribution in [0.25, 0.3) is 0 Å². The van der Waals surface area contributed by atoms with E-state index in [-0.39, 0.29) is 5.91 Å². The molecule has 1 saturated carbocycles. The van der Waals surface area contributed by atoms with Crippen molar-refractivity contribution < 1.29 is 4.79 Å². The highest BCUT2D eigenvalue weighted by Gasteiger charge is 2.20. The van der Waals surface area contributed by atoms with Crippen molar-refractivity contribution in [3.8, 4) is 0 Å². The van der Waals surface area contributed by atoms with Crippen LogP contribution in [0.15, 0.2) is 4.99 Å². The molecule has 0 bridgehead atoms. The molecule has 0 spiro atoms. The molecule has 0 heterocycles. The van der Waals surface area contributed by atoms with Gasteiger partial charge in [0.25, 0.3) is 0 Å². The molecule has 0 unspecified atom stereocenters. The van der Waals surface area contributed by atoms with Gasteiger partial charge >= 0.3 is 0 Å². The number of amides is 1. The minimum Gasteiger partial charge on any atom is -0.356 e. The van der Waals surface area contributed by atoms with Crippen LogP contribution in [-0.4, -0.2) is 62.9 Å². The van der Waals surface area contributed by atoms with Gasteiger partial charge in [0, 0.05) is 47.7 Å². The molecule has 1 aliphatic carbocycles. The molecule has 1 fully saturated rings. The fourth-order valence-corrected chi connectivity index (χ4v) is 2.88.